The minimum Gasteiger partial charge on any atom is -0.376 e. The molecule has 0 radical (unpaired) electrons. The van der Waals surface area contributed by atoms with Crippen LogP contribution in [-0.4, -0.2) is 51.2 Å². The molecule has 128 valence electrons. The first-order chi connectivity index (χ1) is 10.8. The molecule has 1 aromatic carbocycles. The molecule has 6 nitrogen and oxygen atoms in total. The summed E-state index contributed by atoms with van der Waals surface area (Å²) in [4.78, 5) is 12.2. The van der Waals surface area contributed by atoms with Gasteiger partial charge in [-0.1, -0.05) is 12.1 Å². The third-order valence-corrected chi connectivity index (χ3v) is 5.08. The molecule has 23 heavy (non-hydrogen) atoms. The molecule has 2 unspecified atom stereocenters. The van der Waals surface area contributed by atoms with Gasteiger partial charge in [0.2, 0.25) is 15.9 Å². The number of rotatable bonds is 6. The topological polar surface area (TPSA) is 75.7 Å². The fraction of sp³-hybridized carbons (Fsp3) is 0.533. The van der Waals surface area contributed by atoms with E-state index >= 15 is 0 Å². The number of nitrogens with one attached hydrogen (secondary N) is 1. The number of likely N-dealkylation sites (N-methyl/N-ethyl adjacent to an activating group) is 1. The molecule has 0 aromatic heterocycles. The van der Waals surface area contributed by atoms with Crippen LogP contribution in [0.25, 0.3) is 0 Å². The summed E-state index contributed by atoms with van der Waals surface area (Å²) >= 11 is 0. The monoisotopic (exact) mass is 344 g/mol. The van der Waals surface area contributed by atoms with Crippen LogP contribution in [0.15, 0.2) is 24.3 Å². The molecule has 1 saturated heterocycles. The zero-order valence-electron chi connectivity index (χ0n) is 13.2. The van der Waals surface area contributed by atoms with E-state index in [9.17, 15) is 17.6 Å². The van der Waals surface area contributed by atoms with Crippen molar-refractivity contribution >= 4 is 15.9 Å². The Bertz CT molecular complexity index is 642. The fourth-order valence-corrected chi connectivity index (χ4v) is 2.82. The fourth-order valence-electron chi connectivity index (χ4n) is 2.47. The van der Waals surface area contributed by atoms with Crippen molar-refractivity contribution in [2.75, 3.05) is 26.5 Å². The summed E-state index contributed by atoms with van der Waals surface area (Å²) in [7, 11) is -2.09. The van der Waals surface area contributed by atoms with Gasteiger partial charge >= 0.3 is 0 Å². The van der Waals surface area contributed by atoms with Gasteiger partial charge < -0.3 is 10.1 Å². The maximum absolute atomic E-state index is 13.1. The van der Waals surface area contributed by atoms with Crippen LogP contribution in [0.5, 0.6) is 0 Å². The summed E-state index contributed by atoms with van der Waals surface area (Å²) in [6.07, 6.45) is 2.51. The number of benzene rings is 1. The van der Waals surface area contributed by atoms with Gasteiger partial charge in [0.15, 0.2) is 0 Å². The minimum atomic E-state index is -3.43. The maximum Gasteiger partial charge on any atom is 0.235 e. The number of halogens is 1. The number of carbonyl (C=O) groups excluding carboxylic acids is 1. The molecule has 1 amide bonds. The van der Waals surface area contributed by atoms with Gasteiger partial charge in [0, 0.05) is 13.7 Å². The zero-order valence-corrected chi connectivity index (χ0v) is 14.0. The normalized spacial score (nSPS) is 19.7. The van der Waals surface area contributed by atoms with E-state index in [1.165, 1.54) is 19.2 Å². The Hall–Kier alpha value is -1.51. The van der Waals surface area contributed by atoms with Crippen molar-refractivity contribution in [1.29, 1.82) is 0 Å². The van der Waals surface area contributed by atoms with Gasteiger partial charge in [0.1, 0.15) is 5.82 Å². The van der Waals surface area contributed by atoms with E-state index in [1.807, 2.05) is 0 Å². The van der Waals surface area contributed by atoms with Gasteiger partial charge in [-0.25, -0.2) is 12.8 Å². The third-order valence-electron chi connectivity index (χ3n) is 3.81. The highest BCUT2D eigenvalue weighted by molar-refractivity contribution is 7.88. The van der Waals surface area contributed by atoms with Crippen LogP contribution < -0.4 is 5.32 Å². The van der Waals surface area contributed by atoms with Crippen molar-refractivity contribution in [3.05, 3.63) is 35.6 Å². The lowest BCUT2D eigenvalue weighted by Crippen LogP contribution is -2.42. The van der Waals surface area contributed by atoms with Crippen LogP contribution in [0.1, 0.15) is 24.4 Å². The van der Waals surface area contributed by atoms with Crippen LogP contribution >= 0.6 is 0 Å². The Morgan fingerprint density at radius 3 is 2.61 bits per heavy atom. The molecule has 0 saturated carbocycles. The number of sulfonamides is 1. The highest BCUT2D eigenvalue weighted by atomic mass is 32.2. The molecule has 0 bridgehead atoms. The van der Waals surface area contributed by atoms with Crippen molar-refractivity contribution in [3.63, 3.8) is 0 Å². The van der Waals surface area contributed by atoms with Crippen LogP contribution in [0.2, 0.25) is 0 Å². The minimum absolute atomic E-state index is 0.201. The van der Waals surface area contributed by atoms with Crippen molar-refractivity contribution in [2.45, 2.75) is 25.0 Å². The first kappa shape index (κ1) is 17.8. The Kier molecular flexibility index (Phi) is 5.72. The molecule has 1 aliphatic heterocycles. The van der Waals surface area contributed by atoms with Gasteiger partial charge in [0.25, 0.3) is 0 Å². The predicted octanol–water partition coefficient (Wildman–Crippen LogP) is 1.05. The predicted molar refractivity (Wildman–Crippen MR) is 83.7 cm³/mol. The largest absolute Gasteiger partial charge is 0.376 e. The third kappa shape index (κ3) is 4.98. The summed E-state index contributed by atoms with van der Waals surface area (Å²) in [6, 6.07) is 5.42. The zero-order chi connectivity index (χ0) is 17.0. The molecule has 1 aliphatic rings. The highest BCUT2D eigenvalue weighted by Crippen LogP contribution is 2.27. The summed E-state index contributed by atoms with van der Waals surface area (Å²) in [6.45, 7) is 0.338. The van der Waals surface area contributed by atoms with Crippen molar-refractivity contribution < 1.29 is 22.3 Å². The molecule has 2 rings (SSSR count). The lowest BCUT2D eigenvalue weighted by molar-refractivity contribution is -0.122. The van der Waals surface area contributed by atoms with Crippen LogP contribution in [0.4, 0.5) is 4.39 Å². The van der Waals surface area contributed by atoms with Crippen molar-refractivity contribution in [2.24, 2.45) is 0 Å². The molecule has 1 fully saturated rings. The Morgan fingerprint density at radius 1 is 1.43 bits per heavy atom. The van der Waals surface area contributed by atoms with E-state index in [0.29, 0.717) is 6.61 Å². The molecular formula is C15H21FN2O4S. The van der Waals surface area contributed by atoms with Crippen LogP contribution in [-0.2, 0) is 19.6 Å². The first-order valence-electron chi connectivity index (χ1n) is 7.35. The highest BCUT2D eigenvalue weighted by Gasteiger charge is 2.29. The standard InChI is InChI=1S/C15H21FN2O4S/c1-18(23(2,20)21)10-14(19)17-15(13-4-3-9-22-13)11-5-7-12(16)8-6-11/h5-8,13,15H,3-4,9-10H2,1-2H3,(H,17,19). The molecule has 0 aliphatic carbocycles. The molecule has 1 N–H and O–H groups in total. The molecule has 0 spiro atoms. The average molecular weight is 344 g/mol. The van der Waals surface area contributed by atoms with E-state index in [0.717, 1.165) is 29.0 Å². The molecule has 1 aromatic rings. The smallest absolute Gasteiger partial charge is 0.235 e. The molecular weight excluding hydrogens is 323 g/mol. The van der Waals surface area contributed by atoms with E-state index in [2.05, 4.69) is 5.32 Å². The Morgan fingerprint density at radius 2 is 2.09 bits per heavy atom. The van der Waals surface area contributed by atoms with E-state index < -0.39 is 22.0 Å². The number of hydrogen-bond acceptors (Lipinski definition) is 4. The van der Waals surface area contributed by atoms with Gasteiger partial charge in [-0.05, 0) is 30.5 Å². The second kappa shape index (κ2) is 7.37. The van der Waals surface area contributed by atoms with Gasteiger partial charge in [-0.15, -0.1) is 0 Å². The first-order valence-corrected chi connectivity index (χ1v) is 9.20. The summed E-state index contributed by atoms with van der Waals surface area (Å²) in [5.41, 5.74) is 0.730. The van der Waals surface area contributed by atoms with Crippen molar-refractivity contribution in [3.8, 4) is 0 Å². The van der Waals surface area contributed by atoms with Gasteiger partial charge in [-0.2, -0.15) is 4.31 Å². The van der Waals surface area contributed by atoms with E-state index in [-0.39, 0.29) is 18.5 Å². The van der Waals surface area contributed by atoms with Crippen LogP contribution in [0.3, 0.4) is 0 Å². The quantitative estimate of drug-likeness (QED) is 0.837. The maximum atomic E-state index is 13.1. The van der Waals surface area contributed by atoms with Gasteiger partial charge in [0.05, 0.1) is 24.9 Å². The molecule has 1 heterocycles. The molecule has 2 atom stereocenters. The summed E-state index contributed by atoms with van der Waals surface area (Å²) in [5.74, 6) is -0.786. The summed E-state index contributed by atoms with van der Waals surface area (Å²) < 4.78 is 42.5. The van der Waals surface area contributed by atoms with Crippen molar-refractivity contribution in [1.82, 2.24) is 9.62 Å². The second-order valence-corrected chi connectivity index (χ2v) is 7.76. The summed E-state index contributed by atoms with van der Waals surface area (Å²) in [5, 5.41) is 2.81. The lowest BCUT2D eigenvalue weighted by Gasteiger charge is -2.25. The van der Waals surface area contributed by atoms with Gasteiger partial charge in [-0.3, -0.25) is 4.79 Å². The van der Waals surface area contributed by atoms with E-state index in [4.69, 9.17) is 4.74 Å². The van der Waals surface area contributed by atoms with Crippen LogP contribution in [0, 0.1) is 5.82 Å². The number of amides is 1. The number of nitrogens with zero attached hydrogens (tertiary/aromatic N) is 1. The number of carbonyl (C=O) groups is 1. The second-order valence-electron chi connectivity index (χ2n) is 5.67. The Balaban J connectivity index is 2.11. The average Bonchev–Trinajstić information content (AvgIpc) is 2.98. The van der Waals surface area contributed by atoms with E-state index in [1.54, 1.807) is 12.1 Å². The number of ether oxygens (including phenoxy) is 1. The Labute approximate surface area is 135 Å². The molecule has 8 heteroatoms. The SMILES string of the molecule is CN(CC(=O)NC(c1ccc(F)cc1)C1CCCO1)S(C)(=O)=O. The number of hydrogen-bond donors (Lipinski definition) is 1. The lowest BCUT2D eigenvalue weighted by atomic mass is 9.99.